The molecule has 1 rings (SSSR count). The highest BCUT2D eigenvalue weighted by atomic mass is 35.5. The molecule has 0 aliphatic carbocycles. The van der Waals surface area contributed by atoms with Crippen molar-refractivity contribution in [3.05, 3.63) is 33.8 Å². The first-order chi connectivity index (χ1) is 7.80. The maximum Gasteiger partial charge on any atom is 0.138 e. The molecule has 0 aliphatic heterocycles. The molecular formula is C14H18Cl2O. The Morgan fingerprint density at radius 3 is 2.35 bits per heavy atom. The van der Waals surface area contributed by atoms with Crippen LogP contribution in [0.1, 0.15) is 39.2 Å². The van der Waals surface area contributed by atoms with Gasteiger partial charge in [-0.25, -0.2) is 0 Å². The van der Waals surface area contributed by atoms with E-state index in [1.165, 1.54) is 0 Å². The monoisotopic (exact) mass is 272 g/mol. The van der Waals surface area contributed by atoms with E-state index in [1.54, 1.807) is 6.07 Å². The van der Waals surface area contributed by atoms with Crippen molar-refractivity contribution in [2.45, 2.75) is 40.0 Å². The Morgan fingerprint density at radius 2 is 1.82 bits per heavy atom. The van der Waals surface area contributed by atoms with E-state index in [2.05, 4.69) is 0 Å². The fraction of sp³-hybridized carbons (Fsp3) is 0.500. The van der Waals surface area contributed by atoms with Crippen LogP contribution in [0.25, 0.3) is 0 Å². The third-order valence-corrected chi connectivity index (χ3v) is 3.43. The summed E-state index contributed by atoms with van der Waals surface area (Å²) in [6.07, 6.45) is 2.33. The predicted molar refractivity (Wildman–Crippen MR) is 73.9 cm³/mol. The molecule has 0 fully saturated rings. The summed E-state index contributed by atoms with van der Waals surface area (Å²) in [6, 6.07) is 5.62. The van der Waals surface area contributed by atoms with Crippen LogP contribution in [-0.4, -0.2) is 5.78 Å². The summed E-state index contributed by atoms with van der Waals surface area (Å²) in [5.74, 6) is 0.303. The van der Waals surface area contributed by atoms with Gasteiger partial charge in [0, 0.05) is 11.8 Å². The standard InChI is InChI=1S/C14H18Cl2O/c1-14(2,3)13(17)6-4-5-10-7-8-11(15)12(16)9-10/h7-9H,4-6H2,1-3H3. The Bertz CT molecular complexity index is 405. The van der Waals surface area contributed by atoms with Crippen molar-refractivity contribution >= 4 is 29.0 Å². The van der Waals surface area contributed by atoms with Gasteiger partial charge in [-0.15, -0.1) is 0 Å². The minimum Gasteiger partial charge on any atom is -0.299 e. The van der Waals surface area contributed by atoms with Gasteiger partial charge in [-0.3, -0.25) is 4.79 Å². The lowest BCUT2D eigenvalue weighted by Crippen LogP contribution is -2.19. The molecule has 1 nitrogen and oxygen atoms in total. The summed E-state index contributed by atoms with van der Waals surface area (Å²) in [4.78, 5) is 11.7. The number of carbonyl (C=O) groups is 1. The molecule has 0 radical (unpaired) electrons. The number of carbonyl (C=O) groups excluding carboxylic acids is 1. The van der Waals surface area contributed by atoms with Crippen molar-refractivity contribution in [3.63, 3.8) is 0 Å². The molecule has 0 aliphatic rings. The summed E-state index contributed by atoms with van der Waals surface area (Å²) < 4.78 is 0. The van der Waals surface area contributed by atoms with Crippen molar-refractivity contribution in [1.82, 2.24) is 0 Å². The lowest BCUT2D eigenvalue weighted by atomic mass is 9.87. The molecule has 0 atom stereocenters. The second kappa shape index (κ2) is 5.88. The summed E-state index contributed by atoms with van der Waals surface area (Å²) >= 11 is 11.8. The molecule has 17 heavy (non-hydrogen) atoms. The molecule has 3 heteroatoms. The second-order valence-electron chi connectivity index (χ2n) is 5.28. The summed E-state index contributed by atoms with van der Waals surface area (Å²) in [5.41, 5.74) is 0.888. The van der Waals surface area contributed by atoms with Gasteiger partial charge in [0.05, 0.1) is 10.0 Å². The van der Waals surface area contributed by atoms with Crippen molar-refractivity contribution in [1.29, 1.82) is 0 Å². The normalized spacial score (nSPS) is 11.6. The molecular weight excluding hydrogens is 255 g/mol. The van der Waals surface area contributed by atoms with Crippen LogP contribution in [0.5, 0.6) is 0 Å². The van der Waals surface area contributed by atoms with Crippen LogP contribution in [0.2, 0.25) is 10.0 Å². The van der Waals surface area contributed by atoms with Gasteiger partial charge >= 0.3 is 0 Å². The molecule has 94 valence electrons. The number of rotatable bonds is 4. The zero-order valence-corrected chi connectivity index (χ0v) is 12.0. The first-order valence-electron chi connectivity index (χ1n) is 5.78. The maximum absolute atomic E-state index is 11.7. The molecule has 0 N–H and O–H groups in total. The van der Waals surface area contributed by atoms with E-state index in [0.29, 0.717) is 22.2 Å². The maximum atomic E-state index is 11.7. The van der Waals surface area contributed by atoms with Gasteiger partial charge in [-0.1, -0.05) is 50.0 Å². The molecule has 0 bridgehead atoms. The highest BCUT2D eigenvalue weighted by Crippen LogP contribution is 2.24. The van der Waals surface area contributed by atoms with Gasteiger partial charge in [-0.05, 0) is 30.5 Å². The van der Waals surface area contributed by atoms with E-state index in [0.717, 1.165) is 18.4 Å². The molecule has 0 heterocycles. The summed E-state index contributed by atoms with van der Waals surface area (Å²) in [6.45, 7) is 5.86. The third-order valence-electron chi connectivity index (χ3n) is 2.69. The number of hydrogen-bond donors (Lipinski definition) is 0. The first kappa shape index (κ1) is 14.5. The Kier molecular flexibility index (Phi) is 5.03. The number of hydrogen-bond acceptors (Lipinski definition) is 1. The number of ketones is 1. The van der Waals surface area contributed by atoms with Gasteiger partial charge in [-0.2, -0.15) is 0 Å². The number of aryl methyl sites for hydroxylation is 1. The lowest BCUT2D eigenvalue weighted by molar-refractivity contribution is -0.126. The molecule has 1 aromatic rings. The SMILES string of the molecule is CC(C)(C)C(=O)CCCc1ccc(Cl)c(Cl)c1. The van der Waals surface area contributed by atoms with E-state index < -0.39 is 0 Å². The van der Waals surface area contributed by atoms with Crippen LogP contribution < -0.4 is 0 Å². The Balaban J connectivity index is 2.46. The average molecular weight is 273 g/mol. The molecule has 0 unspecified atom stereocenters. The third kappa shape index (κ3) is 4.69. The Labute approximate surface area is 113 Å². The lowest BCUT2D eigenvalue weighted by Gasteiger charge is -2.16. The van der Waals surface area contributed by atoms with Crippen LogP contribution in [0, 0.1) is 5.41 Å². The minimum atomic E-state index is -0.238. The van der Waals surface area contributed by atoms with Crippen LogP contribution in [0.4, 0.5) is 0 Å². The zero-order valence-electron chi connectivity index (χ0n) is 10.5. The van der Waals surface area contributed by atoms with Crippen molar-refractivity contribution in [3.8, 4) is 0 Å². The Morgan fingerprint density at radius 1 is 1.18 bits per heavy atom. The quantitative estimate of drug-likeness (QED) is 0.760. The van der Waals surface area contributed by atoms with Crippen molar-refractivity contribution in [2.75, 3.05) is 0 Å². The molecule has 0 saturated heterocycles. The van der Waals surface area contributed by atoms with Crippen LogP contribution in [0.15, 0.2) is 18.2 Å². The van der Waals surface area contributed by atoms with Crippen LogP contribution in [-0.2, 0) is 11.2 Å². The zero-order chi connectivity index (χ0) is 13.1. The van der Waals surface area contributed by atoms with Gasteiger partial charge in [0.25, 0.3) is 0 Å². The van der Waals surface area contributed by atoms with E-state index >= 15 is 0 Å². The number of Topliss-reactive ketones (excluding diaryl/α,β-unsaturated/α-hetero) is 1. The average Bonchev–Trinajstić information content (AvgIpc) is 2.22. The van der Waals surface area contributed by atoms with E-state index in [4.69, 9.17) is 23.2 Å². The van der Waals surface area contributed by atoms with Crippen molar-refractivity contribution < 1.29 is 4.79 Å². The fourth-order valence-corrected chi connectivity index (χ4v) is 1.84. The van der Waals surface area contributed by atoms with E-state index in [9.17, 15) is 4.79 Å². The van der Waals surface area contributed by atoms with Crippen LogP contribution >= 0.6 is 23.2 Å². The second-order valence-corrected chi connectivity index (χ2v) is 6.09. The molecule has 0 aromatic heterocycles. The molecule has 0 saturated carbocycles. The van der Waals surface area contributed by atoms with Crippen LogP contribution in [0.3, 0.4) is 0 Å². The molecule has 1 aromatic carbocycles. The fourth-order valence-electron chi connectivity index (χ4n) is 1.52. The van der Waals surface area contributed by atoms with Gasteiger partial charge < -0.3 is 0 Å². The van der Waals surface area contributed by atoms with Crippen molar-refractivity contribution in [2.24, 2.45) is 5.41 Å². The first-order valence-corrected chi connectivity index (χ1v) is 6.53. The number of benzene rings is 1. The van der Waals surface area contributed by atoms with E-state index in [1.807, 2.05) is 32.9 Å². The van der Waals surface area contributed by atoms with Gasteiger partial charge in [0.2, 0.25) is 0 Å². The van der Waals surface area contributed by atoms with Gasteiger partial charge in [0.15, 0.2) is 0 Å². The van der Waals surface area contributed by atoms with E-state index in [-0.39, 0.29) is 5.41 Å². The predicted octanol–water partition coefficient (Wildman–Crippen LogP) is 4.93. The smallest absolute Gasteiger partial charge is 0.138 e. The molecule has 0 amide bonds. The minimum absolute atomic E-state index is 0.238. The topological polar surface area (TPSA) is 17.1 Å². The Hall–Kier alpha value is -0.530. The largest absolute Gasteiger partial charge is 0.299 e. The molecule has 0 spiro atoms. The summed E-state index contributed by atoms with van der Waals surface area (Å²) in [7, 11) is 0. The highest BCUT2D eigenvalue weighted by molar-refractivity contribution is 6.42. The highest BCUT2D eigenvalue weighted by Gasteiger charge is 2.20. The van der Waals surface area contributed by atoms with Gasteiger partial charge in [0.1, 0.15) is 5.78 Å². The summed E-state index contributed by atoms with van der Waals surface area (Å²) in [5, 5.41) is 1.15. The number of halogens is 2.